The molecule has 0 spiro atoms. The Hall–Kier alpha value is -1.94. The van der Waals surface area contributed by atoms with E-state index in [2.05, 4.69) is 51.8 Å². The van der Waals surface area contributed by atoms with E-state index in [0.29, 0.717) is 5.92 Å². The molecule has 1 aliphatic rings. The van der Waals surface area contributed by atoms with Gasteiger partial charge >= 0.3 is 0 Å². The average molecular weight is 551 g/mol. The summed E-state index contributed by atoms with van der Waals surface area (Å²) in [4.78, 5) is 8.58. The fourth-order valence-corrected chi connectivity index (χ4v) is 4.51. The number of guanidine groups is 1. The molecule has 1 aromatic carbocycles. The van der Waals surface area contributed by atoms with Crippen molar-refractivity contribution in [2.75, 3.05) is 31.9 Å². The smallest absolute Gasteiger partial charge is 0.193 e. The maximum atomic E-state index is 5.45. The van der Waals surface area contributed by atoms with E-state index in [1.165, 1.54) is 10.5 Å². The molecule has 0 bridgehead atoms. The first-order valence-corrected chi connectivity index (χ1v) is 11.5. The van der Waals surface area contributed by atoms with Crippen LogP contribution in [0.4, 0.5) is 0 Å². The number of aryl methyl sites for hydroxylation is 1. The lowest BCUT2D eigenvalue weighted by molar-refractivity contribution is 0.483. The quantitative estimate of drug-likeness (QED) is 0.148. The summed E-state index contributed by atoms with van der Waals surface area (Å²) < 4.78 is 7.33. The first-order valence-electron chi connectivity index (χ1n) is 10.5. The molecule has 0 saturated carbocycles. The molecular formula is C23H30IN5OS. The van der Waals surface area contributed by atoms with Crippen LogP contribution in [0.15, 0.2) is 75.4 Å². The second kappa shape index (κ2) is 12.2. The lowest BCUT2D eigenvalue weighted by Crippen LogP contribution is -2.41. The zero-order valence-electron chi connectivity index (χ0n) is 17.8. The SMILES string of the molecule is Cn1cc(C2CCN(C(=NCCc3ccco3)NCCSc3ccccc3)C2)cn1.I. The van der Waals surface area contributed by atoms with Gasteiger partial charge in [0.05, 0.1) is 12.5 Å². The molecule has 166 valence electrons. The number of halogens is 1. The fourth-order valence-electron chi connectivity index (χ4n) is 3.72. The van der Waals surface area contributed by atoms with Gasteiger partial charge in [0.2, 0.25) is 0 Å². The molecule has 0 amide bonds. The molecule has 4 rings (SSSR count). The number of likely N-dealkylation sites (tertiary alicyclic amines) is 1. The molecule has 1 saturated heterocycles. The standard InChI is InChI=1S/C23H29N5OS.HI/c1-27-17-20(16-26-27)19-10-13-28(18-19)23(24-11-9-21-6-5-14-29-21)25-12-15-30-22-7-3-2-4-8-22;/h2-8,14,16-17,19H,9-13,15,18H2,1H3,(H,24,25);1H. The van der Waals surface area contributed by atoms with Crippen molar-refractivity contribution < 1.29 is 4.42 Å². The average Bonchev–Trinajstić information content (AvgIpc) is 3.52. The maximum Gasteiger partial charge on any atom is 0.193 e. The summed E-state index contributed by atoms with van der Waals surface area (Å²) in [5, 5.41) is 7.93. The predicted octanol–water partition coefficient (Wildman–Crippen LogP) is 4.40. The van der Waals surface area contributed by atoms with Gasteiger partial charge in [0.15, 0.2) is 5.96 Å². The van der Waals surface area contributed by atoms with Crippen molar-refractivity contribution >= 4 is 41.7 Å². The number of furan rings is 1. The van der Waals surface area contributed by atoms with E-state index in [4.69, 9.17) is 9.41 Å². The number of aromatic nitrogens is 2. The summed E-state index contributed by atoms with van der Waals surface area (Å²) in [5.74, 6) is 3.49. The van der Waals surface area contributed by atoms with Crippen LogP contribution in [-0.4, -0.2) is 52.6 Å². The highest BCUT2D eigenvalue weighted by atomic mass is 127. The van der Waals surface area contributed by atoms with Crippen molar-refractivity contribution in [2.24, 2.45) is 12.0 Å². The number of rotatable bonds is 8. The molecule has 0 radical (unpaired) electrons. The van der Waals surface area contributed by atoms with Crippen molar-refractivity contribution in [3.8, 4) is 0 Å². The number of hydrogen-bond acceptors (Lipinski definition) is 4. The number of benzene rings is 1. The monoisotopic (exact) mass is 551 g/mol. The van der Waals surface area contributed by atoms with Gasteiger partial charge in [0.1, 0.15) is 5.76 Å². The van der Waals surface area contributed by atoms with Gasteiger partial charge in [-0.25, -0.2) is 0 Å². The van der Waals surface area contributed by atoms with Crippen molar-refractivity contribution in [1.82, 2.24) is 20.0 Å². The Labute approximate surface area is 205 Å². The highest BCUT2D eigenvalue weighted by molar-refractivity contribution is 14.0. The van der Waals surface area contributed by atoms with E-state index in [0.717, 1.165) is 56.5 Å². The van der Waals surface area contributed by atoms with Crippen molar-refractivity contribution in [3.05, 3.63) is 72.4 Å². The zero-order valence-corrected chi connectivity index (χ0v) is 21.0. The molecule has 6 nitrogen and oxygen atoms in total. The van der Waals surface area contributed by atoms with Crippen molar-refractivity contribution in [1.29, 1.82) is 0 Å². The molecule has 31 heavy (non-hydrogen) atoms. The third kappa shape index (κ3) is 7.03. The lowest BCUT2D eigenvalue weighted by Gasteiger charge is -2.22. The van der Waals surface area contributed by atoms with Crippen molar-refractivity contribution in [3.63, 3.8) is 0 Å². The van der Waals surface area contributed by atoms with Gasteiger partial charge in [0.25, 0.3) is 0 Å². The fraction of sp³-hybridized carbons (Fsp3) is 0.391. The normalized spacial score (nSPS) is 16.4. The molecule has 1 aliphatic heterocycles. The summed E-state index contributed by atoms with van der Waals surface area (Å²) in [5.41, 5.74) is 1.31. The molecule has 3 heterocycles. The maximum absolute atomic E-state index is 5.45. The van der Waals surface area contributed by atoms with E-state index >= 15 is 0 Å². The first kappa shape index (κ1) is 23.7. The van der Waals surface area contributed by atoms with Gasteiger partial charge in [-0.15, -0.1) is 35.7 Å². The zero-order chi connectivity index (χ0) is 20.6. The van der Waals surface area contributed by atoms with E-state index in [1.54, 1.807) is 6.26 Å². The van der Waals surface area contributed by atoms with Gasteiger partial charge in [-0.2, -0.15) is 5.10 Å². The lowest BCUT2D eigenvalue weighted by atomic mass is 10.0. The van der Waals surface area contributed by atoms with Gasteiger partial charge in [-0.05, 0) is 36.2 Å². The topological polar surface area (TPSA) is 58.6 Å². The number of nitrogens with one attached hydrogen (secondary N) is 1. The summed E-state index contributed by atoms with van der Waals surface area (Å²) in [7, 11) is 1.98. The van der Waals surface area contributed by atoms with Gasteiger partial charge in [-0.3, -0.25) is 9.67 Å². The second-order valence-electron chi connectivity index (χ2n) is 7.50. The molecule has 1 N–H and O–H groups in total. The number of thioether (sulfide) groups is 1. The molecule has 3 aromatic rings. The van der Waals surface area contributed by atoms with Crippen LogP contribution in [-0.2, 0) is 13.5 Å². The Morgan fingerprint density at radius 1 is 1.26 bits per heavy atom. The predicted molar refractivity (Wildman–Crippen MR) is 137 cm³/mol. The molecular weight excluding hydrogens is 521 g/mol. The Bertz CT molecular complexity index is 929. The third-order valence-electron chi connectivity index (χ3n) is 5.28. The molecule has 8 heteroatoms. The molecule has 0 aliphatic carbocycles. The van der Waals surface area contributed by atoms with Crippen LogP contribution >= 0.6 is 35.7 Å². The van der Waals surface area contributed by atoms with Crippen LogP contribution in [0.3, 0.4) is 0 Å². The minimum Gasteiger partial charge on any atom is -0.469 e. The van der Waals surface area contributed by atoms with Crippen LogP contribution in [0.2, 0.25) is 0 Å². The van der Waals surface area contributed by atoms with Crippen LogP contribution in [0, 0.1) is 0 Å². The Morgan fingerprint density at radius 2 is 2.13 bits per heavy atom. The van der Waals surface area contributed by atoms with E-state index in [-0.39, 0.29) is 24.0 Å². The minimum atomic E-state index is 0. The van der Waals surface area contributed by atoms with E-state index in [1.807, 2.05) is 41.8 Å². The minimum absolute atomic E-state index is 0. The molecule has 2 aromatic heterocycles. The van der Waals surface area contributed by atoms with E-state index < -0.39 is 0 Å². The largest absolute Gasteiger partial charge is 0.469 e. The Kier molecular flexibility index (Phi) is 9.32. The van der Waals surface area contributed by atoms with Crippen LogP contribution < -0.4 is 5.32 Å². The Morgan fingerprint density at radius 3 is 2.87 bits per heavy atom. The summed E-state index contributed by atoms with van der Waals surface area (Å²) in [6.07, 6.45) is 7.79. The van der Waals surface area contributed by atoms with Gasteiger partial charge < -0.3 is 14.6 Å². The Balaban J connectivity index is 0.00000272. The number of nitrogens with zero attached hydrogens (tertiary/aromatic N) is 4. The van der Waals surface area contributed by atoms with E-state index in [9.17, 15) is 0 Å². The highest BCUT2D eigenvalue weighted by Crippen LogP contribution is 2.26. The summed E-state index contributed by atoms with van der Waals surface area (Å²) in [6, 6.07) is 14.5. The van der Waals surface area contributed by atoms with Crippen LogP contribution in [0.5, 0.6) is 0 Å². The van der Waals surface area contributed by atoms with Gasteiger partial charge in [-0.1, -0.05) is 18.2 Å². The van der Waals surface area contributed by atoms with Gasteiger partial charge in [0, 0.05) is 62.4 Å². The highest BCUT2D eigenvalue weighted by Gasteiger charge is 2.27. The van der Waals surface area contributed by atoms with Crippen molar-refractivity contribution in [2.45, 2.75) is 23.7 Å². The first-order chi connectivity index (χ1) is 14.8. The number of aliphatic imine (C=N–C) groups is 1. The third-order valence-corrected chi connectivity index (χ3v) is 6.29. The molecule has 1 fully saturated rings. The van der Waals surface area contributed by atoms with Crippen LogP contribution in [0.25, 0.3) is 0 Å². The second-order valence-corrected chi connectivity index (χ2v) is 8.67. The number of hydrogen-bond donors (Lipinski definition) is 1. The summed E-state index contributed by atoms with van der Waals surface area (Å²) in [6.45, 7) is 3.59. The van der Waals surface area contributed by atoms with Crippen LogP contribution in [0.1, 0.15) is 23.7 Å². The molecule has 1 unspecified atom stereocenters. The summed E-state index contributed by atoms with van der Waals surface area (Å²) >= 11 is 1.86. The molecule has 1 atom stereocenters.